The average Bonchev–Trinajstić information content (AvgIpc) is 2.46. The summed E-state index contributed by atoms with van der Waals surface area (Å²) in [5, 5.41) is 4.78. The Kier molecular flexibility index (Phi) is 3.59. The van der Waals surface area contributed by atoms with Crippen LogP contribution in [0.2, 0.25) is 19.6 Å². The number of thiazole rings is 1. The maximum atomic E-state index is 11.8. The Morgan fingerprint density at radius 3 is 2.31 bits per heavy atom. The Morgan fingerprint density at radius 1 is 1.38 bits per heavy atom. The molecule has 0 aliphatic rings. The van der Waals surface area contributed by atoms with Crippen molar-refractivity contribution < 1.29 is 4.79 Å². The Morgan fingerprint density at radius 2 is 1.94 bits per heavy atom. The quantitative estimate of drug-likeness (QED) is 0.824. The van der Waals surface area contributed by atoms with Gasteiger partial charge in [-0.15, -0.1) is 11.3 Å². The van der Waals surface area contributed by atoms with E-state index in [1.54, 1.807) is 11.3 Å². The van der Waals surface area contributed by atoms with E-state index in [9.17, 15) is 4.79 Å². The SMILES string of the molecule is CC(C)(C)NC(=O)c1csc([Si](C)(C)C)n1. The molecule has 1 heterocycles. The van der Waals surface area contributed by atoms with Gasteiger partial charge in [-0.25, -0.2) is 4.98 Å². The molecule has 0 radical (unpaired) electrons. The van der Waals surface area contributed by atoms with Crippen molar-refractivity contribution in [3.8, 4) is 0 Å². The van der Waals surface area contributed by atoms with Crippen molar-refractivity contribution in [3.63, 3.8) is 0 Å². The van der Waals surface area contributed by atoms with Gasteiger partial charge in [0.1, 0.15) is 13.8 Å². The van der Waals surface area contributed by atoms with Gasteiger partial charge in [-0.05, 0) is 20.8 Å². The summed E-state index contributed by atoms with van der Waals surface area (Å²) in [7, 11) is -1.39. The largest absolute Gasteiger partial charge is 0.346 e. The molecule has 0 spiro atoms. The summed E-state index contributed by atoms with van der Waals surface area (Å²) >= 11 is 1.60. The van der Waals surface area contributed by atoms with Crippen molar-refractivity contribution in [2.45, 2.75) is 46.0 Å². The number of amides is 1. The molecule has 3 nitrogen and oxygen atoms in total. The molecule has 0 aliphatic heterocycles. The zero-order valence-electron chi connectivity index (χ0n) is 10.8. The molecule has 1 N–H and O–H groups in total. The molecular formula is C11H20N2OSSi. The molecule has 0 bridgehead atoms. The zero-order chi connectivity index (χ0) is 12.6. The molecule has 5 heteroatoms. The van der Waals surface area contributed by atoms with Crippen molar-refractivity contribution in [2.75, 3.05) is 0 Å². The molecule has 90 valence electrons. The van der Waals surface area contributed by atoms with Gasteiger partial charge in [0.05, 0.1) is 4.63 Å². The van der Waals surface area contributed by atoms with Gasteiger partial charge in [0.2, 0.25) is 0 Å². The highest BCUT2D eigenvalue weighted by Crippen LogP contribution is 2.09. The summed E-state index contributed by atoms with van der Waals surface area (Å²) < 4.78 is 1.13. The fraction of sp³-hybridized carbons (Fsp3) is 0.636. The Labute approximate surface area is 102 Å². The van der Waals surface area contributed by atoms with Crippen molar-refractivity contribution in [1.29, 1.82) is 0 Å². The van der Waals surface area contributed by atoms with E-state index in [0.29, 0.717) is 5.69 Å². The van der Waals surface area contributed by atoms with E-state index in [4.69, 9.17) is 0 Å². The monoisotopic (exact) mass is 256 g/mol. The van der Waals surface area contributed by atoms with Gasteiger partial charge in [0, 0.05) is 10.9 Å². The number of hydrogen-bond acceptors (Lipinski definition) is 3. The fourth-order valence-electron chi connectivity index (χ4n) is 1.13. The number of hydrogen-bond donors (Lipinski definition) is 1. The minimum absolute atomic E-state index is 0.0757. The lowest BCUT2D eigenvalue weighted by atomic mass is 10.1. The molecule has 0 aromatic carbocycles. The summed E-state index contributed by atoms with van der Waals surface area (Å²) in [6, 6.07) is 0. The first kappa shape index (κ1) is 13.4. The summed E-state index contributed by atoms with van der Waals surface area (Å²) in [5.74, 6) is -0.0757. The zero-order valence-corrected chi connectivity index (χ0v) is 12.7. The third-order valence-corrected chi connectivity index (χ3v) is 6.11. The molecule has 16 heavy (non-hydrogen) atoms. The summed E-state index contributed by atoms with van der Waals surface area (Å²) in [6.07, 6.45) is 0. The Hall–Kier alpha value is -0.683. The third-order valence-electron chi connectivity index (χ3n) is 1.87. The number of rotatable bonds is 2. The highest BCUT2D eigenvalue weighted by molar-refractivity contribution is 7.24. The number of nitrogens with zero attached hydrogens (tertiary/aromatic N) is 1. The van der Waals surface area contributed by atoms with Crippen LogP contribution in [0.3, 0.4) is 0 Å². The molecule has 1 aromatic rings. The predicted molar refractivity (Wildman–Crippen MR) is 72.3 cm³/mol. The van der Waals surface area contributed by atoms with E-state index < -0.39 is 8.07 Å². The van der Waals surface area contributed by atoms with E-state index >= 15 is 0 Å². The second-order valence-electron chi connectivity index (χ2n) is 5.99. The predicted octanol–water partition coefficient (Wildman–Crippen LogP) is 2.22. The molecule has 1 amide bonds. The minimum Gasteiger partial charge on any atom is -0.346 e. The smallest absolute Gasteiger partial charge is 0.271 e. The van der Waals surface area contributed by atoms with Gasteiger partial charge in [0.25, 0.3) is 5.91 Å². The second kappa shape index (κ2) is 4.29. The van der Waals surface area contributed by atoms with E-state index in [-0.39, 0.29) is 11.4 Å². The maximum absolute atomic E-state index is 11.8. The van der Waals surface area contributed by atoms with E-state index in [1.807, 2.05) is 26.2 Å². The first-order valence-corrected chi connectivity index (χ1v) is 9.76. The van der Waals surface area contributed by atoms with Gasteiger partial charge in [-0.1, -0.05) is 19.6 Å². The van der Waals surface area contributed by atoms with Crippen LogP contribution in [0.25, 0.3) is 0 Å². The van der Waals surface area contributed by atoms with Crippen LogP contribution in [-0.2, 0) is 0 Å². The topological polar surface area (TPSA) is 42.0 Å². The number of aromatic nitrogens is 1. The van der Waals surface area contributed by atoms with Crippen LogP contribution in [0.5, 0.6) is 0 Å². The summed E-state index contributed by atoms with van der Waals surface area (Å²) in [6.45, 7) is 12.6. The molecular weight excluding hydrogens is 236 g/mol. The molecule has 0 unspecified atom stereocenters. The third kappa shape index (κ3) is 3.72. The van der Waals surface area contributed by atoms with Crippen LogP contribution < -0.4 is 9.95 Å². The lowest BCUT2D eigenvalue weighted by molar-refractivity contribution is 0.0915. The first-order valence-electron chi connectivity index (χ1n) is 5.38. The lowest BCUT2D eigenvalue weighted by Gasteiger charge is -2.19. The van der Waals surface area contributed by atoms with Crippen LogP contribution in [0.15, 0.2) is 5.38 Å². The molecule has 1 aromatic heterocycles. The first-order chi connectivity index (χ1) is 7.09. The summed E-state index contributed by atoms with van der Waals surface area (Å²) in [5.41, 5.74) is 0.345. The van der Waals surface area contributed by atoms with Crippen molar-refractivity contribution in [3.05, 3.63) is 11.1 Å². The van der Waals surface area contributed by atoms with Crippen molar-refractivity contribution in [1.82, 2.24) is 10.3 Å². The van der Waals surface area contributed by atoms with Gasteiger partial charge < -0.3 is 5.32 Å². The van der Waals surface area contributed by atoms with E-state index in [1.165, 1.54) is 0 Å². The highest BCUT2D eigenvalue weighted by Gasteiger charge is 2.23. The van der Waals surface area contributed by atoms with Crippen LogP contribution in [0.4, 0.5) is 0 Å². The Bertz CT molecular complexity index is 387. The van der Waals surface area contributed by atoms with E-state index in [0.717, 1.165) is 4.63 Å². The van der Waals surface area contributed by atoms with Crippen LogP contribution in [-0.4, -0.2) is 24.5 Å². The fourth-order valence-corrected chi connectivity index (χ4v) is 3.71. The molecule has 1 rings (SSSR count). The van der Waals surface area contributed by atoms with Gasteiger partial charge in [0.15, 0.2) is 0 Å². The second-order valence-corrected chi connectivity index (χ2v) is 12.2. The molecule has 0 fully saturated rings. The van der Waals surface area contributed by atoms with Crippen LogP contribution >= 0.6 is 11.3 Å². The average molecular weight is 256 g/mol. The van der Waals surface area contributed by atoms with Gasteiger partial charge >= 0.3 is 0 Å². The van der Waals surface area contributed by atoms with Crippen molar-refractivity contribution >= 4 is 29.9 Å². The number of carbonyl (C=O) groups is 1. The lowest BCUT2D eigenvalue weighted by Crippen LogP contribution is -2.42. The molecule has 0 saturated carbocycles. The van der Waals surface area contributed by atoms with Gasteiger partial charge in [-0.3, -0.25) is 4.79 Å². The minimum atomic E-state index is -1.39. The molecule has 0 atom stereocenters. The number of nitrogens with one attached hydrogen (secondary N) is 1. The molecule has 0 aliphatic carbocycles. The maximum Gasteiger partial charge on any atom is 0.271 e. The number of carbonyl (C=O) groups excluding carboxylic acids is 1. The van der Waals surface area contributed by atoms with E-state index in [2.05, 4.69) is 29.9 Å². The summed E-state index contributed by atoms with van der Waals surface area (Å²) in [4.78, 5) is 16.3. The Balaban J connectivity index is 2.83. The standard InChI is InChI=1S/C11H20N2OSSi/c1-11(2,3)13-9(14)8-7-15-10(12-8)16(4,5)6/h7H,1-6H3,(H,13,14). The van der Waals surface area contributed by atoms with Gasteiger partial charge in [-0.2, -0.15) is 0 Å². The highest BCUT2D eigenvalue weighted by atomic mass is 32.1. The van der Waals surface area contributed by atoms with Crippen LogP contribution in [0.1, 0.15) is 31.3 Å². The van der Waals surface area contributed by atoms with Crippen LogP contribution in [0, 0.1) is 0 Å². The molecule has 0 saturated heterocycles. The normalized spacial score (nSPS) is 12.6. The van der Waals surface area contributed by atoms with Crippen molar-refractivity contribution in [2.24, 2.45) is 0 Å².